The van der Waals surface area contributed by atoms with Crippen molar-refractivity contribution in [2.24, 2.45) is 5.92 Å². The fourth-order valence-corrected chi connectivity index (χ4v) is 5.54. The summed E-state index contributed by atoms with van der Waals surface area (Å²) in [6.07, 6.45) is 8.34. The number of pyridine rings is 2. The molecule has 0 spiro atoms. The minimum atomic E-state index is -0.385. The van der Waals surface area contributed by atoms with E-state index in [1.54, 1.807) is 18.5 Å². The first-order valence-corrected chi connectivity index (χ1v) is 12.0. The maximum atomic E-state index is 12.9. The van der Waals surface area contributed by atoms with Gasteiger partial charge in [-0.15, -0.1) is 0 Å². The van der Waals surface area contributed by atoms with Gasteiger partial charge < -0.3 is 4.90 Å². The van der Waals surface area contributed by atoms with Crippen LogP contribution < -0.4 is 0 Å². The molecule has 2 aliphatic rings. The molecule has 1 aliphatic heterocycles. The fourth-order valence-electron chi connectivity index (χ4n) is 5.35. The maximum absolute atomic E-state index is 12.9. The summed E-state index contributed by atoms with van der Waals surface area (Å²) in [5, 5.41) is 12.1. The zero-order valence-electron chi connectivity index (χ0n) is 18.7. The van der Waals surface area contributed by atoms with Crippen LogP contribution in [0.25, 0.3) is 0 Å². The summed E-state index contributed by atoms with van der Waals surface area (Å²) in [4.78, 5) is 34.4. The number of halogens is 1. The number of aryl methyl sites for hydroxylation is 2. The number of hydrogen-bond acceptors (Lipinski definition) is 5. The van der Waals surface area contributed by atoms with Crippen LogP contribution in [0, 0.1) is 16.0 Å². The number of nitro groups is 1. The highest BCUT2D eigenvalue weighted by Crippen LogP contribution is 2.43. The molecule has 1 aliphatic carbocycles. The number of carbonyl (C=O) groups is 1. The van der Waals surface area contributed by atoms with Gasteiger partial charge in [0.1, 0.15) is 6.20 Å². The number of piperidine rings is 1. The van der Waals surface area contributed by atoms with Gasteiger partial charge in [-0.2, -0.15) is 0 Å². The van der Waals surface area contributed by atoms with E-state index in [0.29, 0.717) is 31.0 Å². The molecule has 34 heavy (non-hydrogen) atoms. The predicted molar refractivity (Wildman–Crippen MR) is 129 cm³/mol. The zero-order valence-corrected chi connectivity index (χ0v) is 19.4. The van der Waals surface area contributed by atoms with E-state index in [9.17, 15) is 14.9 Å². The van der Waals surface area contributed by atoms with E-state index in [2.05, 4.69) is 16.0 Å². The number of rotatable bonds is 4. The molecule has 1 fully saturated rings. The second kappa shape index (κ2) is 9.50. The van der Waals surface area contributed by atoms with Crippen molar-refractivity contribution in [2.75, 3.05) is 13.1 Å². The smallest absolute Gasteiger partial charge is 0.287 e. The Hall–Kier alpha value is -3.32. The molecular weight excluding hydrogens is 452 g/mol. The van der Waals surface area contributed by atoms with Crippen molar-refractivity contribution < 1.29 is 9.72 Å². The Morgan fingerprint density at radius 2 is 1.82 bits per heavy atom. The highest BCUT2D eigenvalue weighted by molar-refractivity contribution is 6.30. The summed E-state index contributed by atoms with van der Waals surface area (Å²) < 4.78 is 0. The molecule has 8 heteroatoms. The molecular formula is C26H25ClN4O3. The van der Waals surface area contributed by atoms with E-state index < -0.39 is 0 Å². The zero-order chi connectivity index (χ0) is 23.7. The highest BCUT2D eigenvalue weighted by atomic mass is 35.5. The van der Waals surface area contributed by atoms with Crippen molar-refractivity contribution in [3.63, 3.8) is 0 Å². The number of carbonyl (C=O) groups excluding carboxylic acids is 1. The molecule has 2 aromatic heterocycles. The lowest BCUT2D eigenvalue weighted by atomic mass is 9.76. The number of fused-ring (bicyclic) bond motifs is 2. The monoisotopic (exact) mass is 476 g/mol. The lowest BCUT2D eigenvalue weighted by Crippen LogP contribution is -2.40. The van der Waals surface area contributed by atoms with Crippen LogP contribution in [-0.4, -0.2) is 38.8 Å². The molecule has 0 radical (unpaired) electrons. The highest BCUT2D eigenvalue weighted by Gasteiger charge is 2.35. The second-order valence-corrected chi connectivity index (χ2v) is 9.50. The molecule has 1 amide bonds. The molecule has 1 unspecified atom stereocenters. The molecule has 3 aromatic rings. The average Bonchev–Trinajstić information content (AvgIpc) is 3.01. The van der Waals surface area contributed by atoms with Crippen LogP contribution in [0.15, 0.2) is 55.0 Å². The Morgan fingerprint density at radius 3 is 2.56 bits per heavy atom. The van der Waals surface area contributed by atoms with Crippen LogP contribution in [0.1, 0.15) is 46.7 Å². The Morgan fingerprint density at radius 1 is 1.09 bits per heavy atom. The van der Waals surface area contributed by atoms with Gasteiger partial charge in [0, 0.05) is 42.5 Å². The van der Waals surface area contributed by atoms with E-state index >= 15 is 0 Å². The van der Waals surface area contributed by atoms with Gasteiger partial charge in [-0.25, -0.2) is 0 Å². The standard InChI is InChI=1S/C26H25ClN4O3/c27-21-3-4-23-19(14-21)1-2-20-15-22(31(33)34)16-29-26(20)25(23)18-7-11-30(12-8-18)24(32)13-17-5-9-28-10-6-17/h3-6,9-10,14-16,18,25H,1-2,7-8,11-13H2. The van der Waals surface area contributed by atoms with Crippen LogP contribution in [-0.2, 0) is 24.1 Å². The molecule has 0 bridgehead atoms. The number of benzene rings is 1. The third-order valence-corrected chi connectivity index (χ3v) is 7.30. The van der Waals surface area contributed by atoms with Gasteiger partial charge in [0.25, 0.3) is 5.69 Å². The quantitative estimate of drug-likeness (QED) is 0.400. The molecule has 1 atom stereocenters. The Bertz CT molecular complexity index is 1230. The third-order valence-electron chi connectivity index (χ3n) is 7.06. The summed E-state index contributed by atoms with van der Waals surface area (Å²) >= 11 is 6.31. The first-order chi connectivity index (χ1) is 16.5. The first kappa shape index (κ1) is 22.5. The molecule has 0 saturated carbocycles. The van der Waals surface area contributed by atoms with Gasteiger partial charge in [-0.05, 0) is 78.1 Å². The summed E-state index contributed by atoms with van der Waals surface area (Å²) in [5.74, 6) is 0.450. The van der Waals surface area contributed by atoms with Crippen LogP contribution in [0.4, 0.5) is 5.69 Å². The Balaban J connectivity index is 1.40. The lowest BCUT2D eigenvalue weighted by Gasteiger charge is -2.37. The molecule has 1 saturated heterocycles. The van der Waals surface area contributed by atoms with Crippen LogP contribution in [0.2, 0.25) is 5.02 Å². The molecule has 3 heterocycles. The number of aromatic nitrogens is 2. The van der Waals surface area contributed by atoms with Crippen molar-refractivity contribution in [1.29, 1.82) is 0 Å². The SMILES string of the molecule is O=C(Cc1ccncc1)N1CCC(C2c3ccc(Cl)cc3CCc3cc([N+](=O)[O-])cnc32)CC1. The van der Waals surface area contributed by atoms with E-state index in [1.807, 2.05) is 29.2 Å². The largest absolute Gasteiger partial charge is 0.342 e. The van der Waals surface area contributed by atoms with Gasteiger partial charge in [-0.3, -0.25) is 24.9 Å². The Labute approximate surface area is 203 Å². The van der Waals surface area contributed by atoms with E-state index in [4.69, 9.17) is 11.6 Å². The molecule has 5 rings (SSSR count). The summed E-state index contributed by atoms with van der Waals surface area (Å²) in [5.41, 5.74) is 5.23. The van der Waals surface area contributed by atoms with Crippen LogP contribution >= 0.6 is 11.6 Å². The summed E-state index contributed by atoms with van der Waals surface area (Å²) in [6.45, 7) is 1.38. The summed E-state index contributed by atoms with van der Waals surface area (Å²) in [7, 11) is 0. The fraction of sp³-hybridized carbons (Fsp3) is 0.346. The van der Waals surface area contributed by atoms with Crippen molar-refractivity contribution >= 4 is 23.2 Å². The molecule has 174 valence electrons. The van der Waals surface area contributed by atoms with Gasteiger partial charge in [-0.1, -0.05) is 17.7 Å². The second-order valence-electron chi connectivity index (χ2n) is 9.07. The van der Waals surface area contributed by atoms with Gasteiger partial charge in [0.05, 0.1) is 17.0 Å². The van der Waals surface area contributed by atoms with Crippen molar-refractivity contribution in [3.05, 3.63) is 98.1 Å². The topological polar surface area (TPSA) is 89.2 Å². The summed E-state index contributed by atoms with van der Waals surface area (Å²) in [6, 6.07) is 11.4. The van der Waals surface area contributed by atoms with Gasteiger partial charge in [0.2, 0.25) is 5.91 Å². The third kappa shape index (κ3) is 4.53. The van der Waals surface area contributed by atoms with Gasteiger partial charge >= 0.3 is 0 Å². The van der Waals surface area contributed by atoms with Crippen molar-refractivity contribution in [3.8, 4) is 0 Å². The molecule has 1 aromatic carbocycles. The van der Waals surface area contributed by atoms with E-state index in [1.165, 1.54) is 17.3 Å². The van der Waals surface area contributed by atoms with E-state index in [-0.39, 0.29) is 28.4 Å². The molecule has 0 N–H and O–H groups in total. The van der Waals surface area contributed by atoms with E-state index in [0.717, 1.165) is 36.1 Å². The normalized spacial score (nSPS) is 18.0. The van der Waals surface area contributed by atoms with Crippen LogP contribution in [0.3, 0.4) is 0 Å². The minimum absolute atomic E-state index is 0.0259. The Kier molecular flexibility index (Phi) is 6.28. The first-order valence-electron chi connectivity index (χ1n) is 11.6. The molecule has 7 nitrogen and oxygen atoms in total. The number of hydrogen-bond donors (Lipinski definition) is 0. The number of nitrogens with zero attached hydrogens (tertiary/aromatic N) is 4. The van der Waals surface area contributed by atoms with Crippen LogP contribution in [0.5, 0.6) is 0 Å². The van der Waals surface area contributed by atoms with Crippen molar-refractivity contribution in [1.82, 2.24) is 14.9 Å². The lowest BCUT2D eigenvalue weighted by molar-refractivity contribution is -0.385. The van der Waals surface area contributed by atoms with Gasteiger partial charge in [0.15, 0.2) is 0 Å². The number of likely N-dealkylation sites (tertiary alicyclic amines) is 1. The maximum Gasteiger partial charge on any atom is 0.287 e. The minimum Gasteiger partial charge on any atom is -0.342 e. The predicted octanol–water partition coefficient (Wildman–Crippen LogP) is 4.75. The average molecular weight is 477 g/mol. The number of amides is 1. The van der Waals surface area contributed by atoms with Crippen molar-refractivity contribution in [2.45, 2.75) is 38.0 Å².